The Kier molecular flexibility index (Phi) is 5.51. The van der Waals surface area contributed by atoms with Crippen LogP contribution < -0.4 is 10.1 Å². The summed E-state index contributed by atoms with van der Waals surface area (Å²) in [5.41, 5.74) is 5.92. The smallest absolute Gasteiger partial charge is 0.123 e. The Morgan fingerprint density at radius 3 is 2.52 bits per heavy atom. The van der Waals surface area contributed by atoms with Gasteiger partial charge in [0.05, 0.1) is 12.8 Å². The van der Waals surface area contributed by atoms with Gasteiger partial charge in [-0.25, -0.2) is 4.98 Å². The Hall–Kier alpha value is -2.17. The van der Waals surface area contributed by atoms with Crippen LogP contribution in [0.3, 0.4) is 0 Å². The number of hydrogen-bond acceptors (Lipinski definition) is 4. The lowest BCUT2D eigenvalue weighted by Gasteiger charge is -2.17. The summed E-state index contributed by atoms with van der Waals surface area (Å²) in [6, 6.07) is 15.0. The van der Waals surface area contributed by atoms with Crippen LogP contribution in [-0.4, -0.2) is 12.1 Å². The molecule has 0 saturated heterocycles. The summed E-state index contributed by atoms with van der Waals surface area (Å²) >= 11 is 1.69. The molecule has 130 valence electrons. The molecule has 3 aromatic rings. The molecule has 25 heavy (non-hydrogen) atoms. The van der Waals surface area contributed by atoms with E-state index in [-0.39, 0.29) is 6.04 Å². The summed E-state index contributed by atoms with van der Waals surface area (Å²) in [7, 11) is 1.72. The third-order valence-electron chi connectivity index (χ3n) is 4.29. The van der Waals surface area contributed by atoms with E-state index in [1.807, 2.05) is 6.07 Å². The molecule has 3 nitrogen and oxygen atoms in total. The first kappa shape index (κ1) is 17.6. The van der Waals surface area contributed by atoms with Crippen molar-refractivity contribution in [1.82, 2.24) is 10.3 Å². The van der Waals surface area contributed by atoms with Crippen molar-refractivity contribution < 1.29 is 4.74 Å². The molecule has 0 radical (unpaired) electrons. The summed E-state index contributed by atoms with van der Waals surface area (Å²) in [6.45, 7) is 7.09. The molecule has 0 amide bonds. The number of nitrogens with one attached hydrogen (secondary N) is 1. The SMILES string of the molecule is COc1ccc(C)cc1C(C)NCc1csc(-c2ccc(C)cc2)n1. The first-order valence-electron chi connectivity index (χ1n) is 8.46. The molecule has 0 bridgehead atoms. The maximum atomic E-state index is 5.49. The van der Waals surface area contributed by atoms with Crippen LogP contribution >= 0.6 is 11.3 Å². The molecule has 3 rings (SSSR count). The summed E-state index contributed by atoms with van der Waals surface area (Å²) in [4.78, 5) is 4.76. The highest BCUT2D eigenvalue weighted by molar-refractivity contribution is 7.13. The minimum atomic E-state index is 0.194. The molecule has 1 N–H and O–H groups in total. The molecule has 4 heteroatoms. The third-order valence-corrected chi connectivity index (χ3v) is 5.23. The number of ether oxygens (including phenoxy) is 1. The van der Waals surface area contributed by atoms with E-state index in [2.05, 4.69) is 67.9 Å². The highest BCUT2D eigenvalue weighted by Gasteiger charge is 2.12. The van der Waals surface area contributed by atoms with E-state index in [4.69, 9.17) is 9.72 Å². The Labute approximate surface area is 153 Å². The normalized spacial score (nSPS) is 12.2. The molecule has 0 aliphatic heterocycles. The quantitative estimate of drug-likeness (QED) is 0.655. The molecule has 1 heterocycles. The van der Waals surface area contributed by atoms with Gasteiger partial charge in [-0.05, 0) is 26.8 Å². The van der Waals surface area contributed by atoms with Gasteiger partial charge in [0.15, 0.2) is 0 Å². The Morgan fingerprint density at radius 2 is 1.80 bits per heavy atom. The van der Waals surface area contributed by atoms with Gasteiger partial charge in [0.2, 0.25) is 0 Å². The number of aryl methyl sites for hydroxylation is 2. The van der Waals surface area contributed by atoms with Gasteiger partial charge in [0, 0.05) is 29.1 Å². The van der Waals surface area contributed by atoms with E-state index >= 15 is 0 Å². The number of rotatable bonds is 6. The molecule has 0 saturated carbocycles. The molecule has 1 atom stereocenters. The van der Waals surface area contributed by atoms with Crippen LogP contribution in [0.1, 0.15) is 35.3 Å². The van der Waals surface area contributed by atoms with E-state index in [9.17, 15) is 0 Å². The Balaban J connectivity index is 1.68. The van der Waals surface area contributed by atoms with Crippen molar-refractivity contribution in [3.05, 3.63) is 70.2 Å². The molecular formula is C21H24N2OS. The van der Waals surface area contributed by atoms with Gasteiger partial charge in [-0.2, -0.15) is 0 Å². The lowest BCUT2D eigenvalue weighted by Crippen LogP contribution is -2.19. The van der Waals surface area contributed by atoms with Gasteiger partial charge >= 0.3 is 0 Å². The fraction of sp³-hybridized carbons (Fsp3) is 0.286. The van der Waals surface area contributed by atoms with Gasteiger partial charge in [-0.15, -0.1) is 11.3 Å². The molecule has 0 spiro atoms. The lowest BCUT2D eigenvalue weighted by atomic mass is 10.0. The zero-order chi connectivity index (χ0) is 17.8. The molecule has 1 aromatic heterocycles. The summed E-state index contributed by atoms with van der Waals surface area (Å²) in [5, 5.41) is 6.75. The summed E-state index contributed by atoms with van der Waals surface area (Å²) < 4.78 is 5.49. The first-order chi connectivity index (χ1) is 12.1. The summed E-state index contributed by atoms with van der Waals surface area (Å²) in [5.74, 6) is 0.921. The Morgan fingerprint density at radius 1 is 1.08 bits per heavy atom. The largest absolute Gasteiger partial charge is 0.496 e. The van der Waals surface area contributed by atoms with E-state index in [0.29, 0.717) is 0 Å². The van der Waals surface area contributed by atoms with Crippen LogP contribution in [0.2, 0.25) is 0 Å². The van der Waals surface area contributed by atoms with Crippen LogP contribution in [0.4, 0.5) is 0 Å². The molecule has 2 aromatic carbocycles. The highest BCUT2D eigenvalue weighted by Crippen LogP contribution is 2.27. The predicted molar refractivity (Wildman–Crippen MR) is 105 cm³/mol. The van der Waals surface area contributed by atoms with Gasteiger partial charge in [-0.1, -0.05) is 47.5 Å². The standard InChI is InChI=1S/C21H24N2OS/c1-14-5-8-17(9-6-14)21-23-18(13-25-21)12-22-16(3)19-11-15(2)7-10-20(19)24-4/h5-11,13,16,22H,12H2,1-4H3. The van der Waals surface area contributed by atoms with Crippen molar-refractivity contribution in [2.75, 3.05) is 7.11 Å². The van der Waals surface area contributed by atoms with E-state index in [1.165, 1.54) is 22.3 Å². The molecular weight excluding hydrogens is 328 g/mol. The second-order valence-corrected chi connectivity index (χ2v) is 7.22. The van der Waals surface area contributed by atoms with E-state index < -0.39 is 0 Å². The summed E-state index contributed by atoms with van der Waals surface area (Å²) in [6.07, 6.45) is 0. The van der Waals surface area contributed by atoms with E-state index in [1.54, 1.807) is 18.4 Å². The second-order valence-electron chi connectivity index (χ2n) is 6.36. The zero-order valence-electron chi connectivity index (χ0n) is 15.2. The maximum Gasteiger partial charge on any atom is 0.123 e. The van der Waals surface area contributed by atoms with Gasteiger partial charge in [0.1, 0.15) is 10.8 Å². The molecule has 0 fully saturated rings. The second kappa shape index (κ2) is 7.81. The minimum Gasteiger partial charge on any atom is -0.496 e. The Bertz CT molecular complexity index is 839. The number of hydrogen-bond donors (Lipinski definition) is 1. The number of nitrogens with zero attached hydrogens (tertiary/aromatic N) is 1. The number of aromatic nitrogens is 1. The molecule has 0 aliphatic rings. The number of methoxy groups -OCH3 is 1. The average molecular weight is 353 g/mol. The molecule has 0 aliphatic carbocycles. The number of thiazole rings is 1. The highest BCUT2D eigenvalue weighted by atomic mass is 32.1. The van der Waals surface area contributed by atoms with Crippen LogP contribution in [-0.2, 0) is 6.54 Å². The van der Waals surface area contributed by atoms with Crippen molar-refractivity contribution >= 4 is 11.3 Å². The number of benzene rings is 2. The van der Waals surface area contributed by atoms with Crippen molar-refractivity contribution in [2.45, 2.75) is 33.4 Å². The van der Waals surface area contributed by atoms with Gasteiger partial charge in [0.25, 0.3) is 0 Å². The van der Waals surface area contributed by atoms with Gasteiger partial charge < -0.3 is 10.1 Å². The van der Waals surface area contributed by atoms with Gasteiger partial charge in [-0.3, -0.25) is 0 Å². The van der Waals surface area contributed by atoms with Crippen LogP contribution in [0, 0.1) is 13.8 Å². The van der Waals surface area contributed by atoms with Crippen molar-refractivity contribution in [3.8, 4) is 16.3 Å². The maximum absolute atomic E-state index is 5.49. The van der Waals surface area contributed by atoms with Crippen molar-refractivity contribution in [2.24, 2.45) is 0 Å². The molecule has 1 unspecified atom stereocenters. The van der Waals surface area contributed by atoms with Crippen molar-refractivity contribution in [1.29, 1.82) is 0 Å². The van der Waals surface area contributed by atoms with E-state index in [0.717, 1.165) is 23.0 Å². The monoisotopic (exact) mass is 352 g/mol. The van der Waals surface area contributed by atoms with Crippen LogP contribution in [0.15, 0.2) is 47.8 Å². The zero-order valence-corrected chi connectivity index (χ0v) is 16.0. The minimum absolute atomic E-state index is 0.194. The average Bonchev–Trinajstić information content (AvgIpc) is 3.09. The van der Waals surface area contributed by atoms with Crippen LogP contribution in [0.5, 0.6) is 5.75 Å². The topological polar surface area (TPSA) is 34.1 Å². The van der Waals surface area contributed by atoms with Crippen LogP contribution in [0.25, 0.3) is 10.6 Å². The predicted octanol–water partition coefficient (Wildman–Crippen LogP) is 5.29. The first-order valence-corrected chi connectivity index (χ1v) is 9.34. The fourth-order valence-electron chi connectivity index (χ4n) is 2.78. The van der Waals surface area contributed by atoms with Crippen molar-refractivity contribution in [3.63, 3.8) is 0 Å². The third kappa shape index (κ3) is 4.27. The lowest BCUT2D eigenvalue weighted by molar-refractivity contribution is 0.401. The fourth-order valence-corrected chi connectivity index (χ4v) is 3.60.